The van der Waals surface area contributed by atoms with Gasteiger partial charge < -0.3 is 24.8 Å². The Kier molecular flexibility index (Phi) is 7.67. The number of aliphatic imine (C=N–C) groups is 1. The van der Waals surface area contributed by atoms with Crippen LogP contribution in [0.1, 0.15) is 42.8 Å². The minimum absolute atomic E-state index is 0.201. The highest BCUT2D eigenvalue weighted by Gasteiger charge is 2.15. The molecule has 1 atom stereocenters. The number of guanidine groups is 1. The van der Waals surface area contributed by atoms with Crippen LogP contribution in [0.4, 0.5) is 0 Å². The van der Waals surface area contributed by atoms with E-state index in [1.165, 1.54) is 5.56 Å². The number of benzene rings is 1. The molecular weight excluding hydrogens is 342 g/mol. The van der Waals surface area contributed by atoms with Crippen LogP contribution in [-0.4, -0.2) is 50.8 Å². The third-order valence-corrected chi connectivity index (χ3v) is 4.41. The Morgan fingerprint density at radius 2 is 1.93 bits per heavy atom. The number of ether oxygens (including phenoxy) is 1. The van der Waals surface area contributed by atoms with Gasteiger partial charge in [-0.25, -0.2) is 0 Å². The van der Waals surface area contributed by atoms with E-state index in [9.17, 15) is 0 Å². The van der Waals surface area contributed by atoms with Crippen LogP contribution < -0.4 is 15.4 Å². The lowest BCUT2D eigenvalue weighted by molar-refractivity contribution is 0.297. The van der Waals surface area contributed by atoms with Crippen LogP contribution >= 0.6 is 0 Å². The van der Waals surface area contributed by atoms with Gasteiger partial charge in [-0.3, -0.25) is 4.99 Å². The highest BCUT2D eigenvalue weighted by molar-refractivity contribution is 5.79. The fourth-order valence-corrected chi connectivity index (χ4v) is 2.69. The molecule has 0 aliphatic rings. The quantitative estimate of drug-likeness (QED) is 0.547. The number of hydrogen-bond acceptors (Lipinski definition) is 5. The molecule has 0 amide bonds. The van der Waals surface area contributed by atoms with Crippen LogP contribution in [0.3, 0.4) is 0 Å². The number of rotatable bonds is 8. The minimum Gasteiger partial charge on any atom is -0.497 e. The number of methoxy groups -OCH3 is 1. The summed E-state index contributed by atoms with van der Waals surface area (Å²) in [4.78, 5) is 6.47. The van der Waals surface area contributed by atoms with Gasteiger partial charge in [0.25, 0.3) is 0 Å². The van der Waals surface area contributed by atoms with Gasteiger partial charge in [-0.2, -0.15) is 0 Å². The Labute approximate surface area is 161 Å². The van der Waals surface area contributed by atoms with E-state index in [1.54, 1.807) is 14.2 Å². The molecule has 1 heterocycles. The number of likely N-dealkylation sites (N-methyl/N-ethyl adjacent to an activating group) is 1. The van der Waals surface area contributed by atoms with Crippen molar-refractivity contribution in [1.29, 1.82) is 0 Å². The van der Waals surface area contributed by atoms with Crippen LogP contribution in [-0.2, 0) is 6.54 Å². The van der Waals surface area contributed by atoms with E-state index in [4.69, 9.17) is 9.26 Å². The second-order valence-corrected chi connectivity index (χ2v) is 6.93. The fourth-order valence-electron chi connectivity index (χ4n) is 2.69. The van der Waals surface area contributed by atoms with Crippen LogP contribution in [0.25, 0.3) is 0 Å². The summed E-state index contributed by atoms with van der Waals surface area (Å²) in [5.74, 6) is 2.72. The number of nitrogens with one attached hydrogen (secondary N) is 2. The Bertz CT molecular complexity index is 722. The second-order valence-electron chi connectivity index (χ2n) is 6.93. The number of hydrogen-bond donors (Lipinski definition) is 2. The molecule has 0 aliphatic heterocycles. The predicted octanol–water partition coefficient (Wildman–Crippen LogP) is 2.77. The summed E-state index contributed by atoms with van der Waals surface area (Å²) in [6, 6.07) is 10.3. The average Bonchev–Trinajstić information content (AvgIpc) is 3.14. The van der Waals surface area contributed by atoms with Crippen molar-refractivity contribution >= 4 is 5.96 Å². The van der Waals surface area contributed by atoms with E-state index < -0.39 is 0 Å². The van der Waals surface area contributed by atoms with Crippen molar-refractivity contribution in [2.75, 3.05) is 34.8 Å². The standard InChI is InChI=1S/C20H31N5O2/c1-14(2)18-11-17(27-24-18)12-22-20(21-3)23-13-19(25(4)5)15-7-9-16(26-6)10-8-15/h7-11,14,19H,12-13H2,1-6H3,(H2,21,22,23). The fraction of sp³-hybridized carbons (Fsp3) is 0.500. The molecule has 0 bridgehead atoms. The molecular formula is C20H31N5O2. The maximum Gasteiger partial charge on any atom is 0.191 e. The summed E-state index contributed by atoms with van der Waals surface area (Å²) in [6.07, 6.45) is 0. The smallest absolute Gasteiger partial charge is 0.191 e. The molecule has 0 fully saturated rings. The van der Waals surface area contributed by atoms with Crippen molar-refractivity contribution < 1.29 is 9.26 Å². The normalized spacial score (nSPS) is 13.1. The molecule has 0 saturated heterocycles. The first-order valence-corrected chi connectivity index (χ1v) is 9.15. The van der Waals surface area contributed by atoms with Crippen molar-refractivity contribution in [3.8, 4) is 5.75 Å². The largest absolute Gasteiger partial charge is 0.497 e. The molecule has 0 saturated carbocycles. The van der Waals surface area contributed by atoms with E-state index in [1.807, 2.05) is 18.2 Å². The summed E-state index contributed by atoms with van der Waals surface area (Å²) < 4.78 is 10.6. The third-order valence-electron chi connectivity index (χ3n) is 4.41. The Balaban J connectivity index is 1.93. The zero-order chi connectivity index (χ0) is 19.8. The number of nitrogens with zero attached hydrogens (tertiary/aromatic N) is 3. The molecule has 7 heteroatoms. The van der Waals surface area contributed by atoms with E-state index in [-0.39, 0.29) is 6.04 Å². The summed E-state index contributed by atoms with van der Waals surface area (Å²) in [5.41, 5.74) is 2.17. The monoisotopic (exact) mass is 373 g/mol. The van der Waals surface area contributed by atoms with Gasteiger partial charge in [0.15, 0.2) is 11.7 Å². The van der Waals surface area contributed by atoms with Crippen molar-refractivity contribution in [2.45, 2.75) is 32.4 Å². The first kappa shape index (κ1) is 20.8. The van der Waals surface area contributed by atoms with Crippen molar-refractivity contribution in [3.63, 3.8) is 0 Å². The first-order chi connectivity index (χ1) is 12.9. The molecule has 0 spiro atoms. The summed E-state index contributed by atoms with van der Waals surface area (Å²) in [6.45, 7) is 5.44. The van der Waals surface area contributed by atoms with Crippen LogP contribution in [0, 0.1) is 0 Å². The maximum absolute atomic E-state index is 5.36. The Morgan fingerprint density at radius 1 is 1.22 bits per heavy atom. The molecule has 2 aromatic rings. The van der Waals surface area contributed by atoms with Crippen molar-refractivity contribution in [3.05, 3.63) is 47.3 Å². The van der Waals surface area contributed by atoms with Crippen LogP contribution in [0.5, 0.6) is 5.75 Å². The van der Waals surface area contributed by atoms with Gasteiger partial charge in [-0.15, -0.1) is 0 Å². The minimum atomic E-state index is 0.201. The molecule has 0 radical (unpaired) electrons. The molecule has 0 aliphatic carbocycles. The van der Waals surface area contributed by atoms with Gasteiger partial charge >= 0.3 is 0 Å². The first-order valence-electron chi connectivity index (χ1n) is 9.15. The van der Waals surface area contributed by atoms with E-state index in [2.05, 4.69) is 65.8 Å². The topological polar surface area (TPSA) is 74.9 Å². The van der Waals surface area contributed by atoms with Crippen molar-refractivity contribution in [1.82, 2.24) is 20.7 Å². The van der Waals surface area contributed by atoms with Gasteiger partial charge in [0.05, 0.1) is 25.4 Å². The molecule has 148 valence electrons. The average molecular weight is 374 g/mol. The van der Waals surface area contributed by atoms with E-state index >= 15 is 0 Å². The van der Waals surface area contributed by atoms with Crippen LogP contribution in [0.15, 0.2) is 39.8 Å². The van der Waals surface area contributed by atoms with Gasteiger partial charge in [-0.1, -0.05) is 31.1 Å². The molecule has 1 unspecified atom stereocenters. The Morgan fingerprint density at radius 3 is 2.44 bits per heavy atom. The lowest BCUT2D eigenvalue weighted by Gasteiger charge is -2.26. The maximum atomic E-state index is 5.36. The van der Waals surface area contributed by atoms with E-state index in [0.29, 0.717) is 19.0 Å². The Hall–Kier alpha value is -2.54. The molecule has 1 aromatic heterocycles. The molecule has 1 aromatic carbocycles. The van der Waals surface area contributed by atoms with Gasteiger partial charge in [0, 0.05) is 19.7 Å². The van der Waals surface area contributed by atoms with Gasteiger partial charge in [-0.05, 0) is 37.7 Å². The highest BCUT2D eigenvalue weighted by Crippen LogP contribution is 2.20. The van der Waals surface area contributed by atoms with Gasteiger partial charge in [0.2, 0.25) is 0 Å². The highest BCUT2D eigenvalue weighted by atomic mass is 16.5. The second kappa shape index (κ2) is 9.97. The molecule has 27 heavy (non-hydrogen) atoms. The summed E-state index contributed by atoms with van der Waals surface area (Å²) >= 11 is 0. The van der Waals surface area contributed by atoms with E-state index in [0.717, 1.165) is 23.2 Å². The summed E-state index contributed by atoms with van der Waals surface area (Å²) in [5, 5.41) is 10.7. The zero-order valence-corrected chi connectivity index (χ0v) is 17.1. The predicted molar refractivity (Wildman–Crippen MR) is 108 cm³/mol. The summed E-state index contributed by atoms with van der Waals surface area (Å²) in [7, 11) is 7.56. The SMILES string of the molecule is CN=C(NCc1cc(C(C)C)no1)NCC(c1ccc(OC)cc1)N(C)C. The van der Waals surface area contributed by atoms with Gasteiger partial charge in [0.1, 0.15) is 5.75 Å². The van der Waals surface area contributed by atoms with Crippen LogP contribution in [0.2, 0.25) is 0 Å². The molecule has 2 rings (SSSR count). The lowest BCUT2D eigenvalue weighted by atomic mass is 10.1. The third kappa shape index (κ3) is 5.99. The molecule has 2 N–H and O–H groups in total. The zero-order valence-electron chi connectivity index (χ0n) is 17.1. The lowest BCUT2D eigenvalue weighted by Crippen LogP contribution is -2.41. The van der Waals surface area contributed by atoms with Crippen molar-refractivity contribution in [2.24, 2.45) is 4.99 Å². The molecule has 7 nitrogen and oxygen atoms in total. The number of aromatic nitrogens is 1.